The third-order valence-electron chi connectivity index (χ3n) is 4.86. The van der Waals surface area contributed by atoms with Crippen LogP contribution in [0.25, 0.3) is 0 Å². The van der Waals surface area contributed by atoms with Crippen LogP contribution in [0, 0.1) is 30.6 Å². The molecule has 0 aliphatic heterocycles. The van der Waals surface area contributed by atoms with E-state index in [1.54, 1.807) is 11.3 Å². The highest BCUT2D eigenvalue weighted by Gasteiger charge is 2.40. The minimum absolute atomic E-state index is 0.701. The number of hydrogen-bond donors (Lipinski definition) is 0. The number of hydrogen-bond acceptors (Lipinski definition) is 3. The number of nitrogens with zero attached hydrogens (tertiary/aromatic N) is 2. The summed E-state index contributed by atoms with van der Waals surface area (Å²) < 4.78 is 0. The Balaban J connectivity index is 1.50. The van der Waals surface area contributed by atoms with Crippen LogP contribution in [-0.4, -0.2) is 9.97 Å². The number of pyridine rings is 1. The maximum absolute atomic E-state index is 4.68. The van der Waals surface area contributed by atoms with Gasteiger partial charge in [0.05, 0.1) is 5.01 Å². The van der Waals surface area contributed by atoms with Gasteiger partial charge in [-0.15, -0.1) is 11.3 Å². The normalized spacial score (nSPS) is 26.6. The lowest BCUT2D eigenvalue weighted by atomic mass is 9.86. The third-order valence-corrected chi connectivity index (χ3v) is 5.63. The molecular formula is C18H18N2S. The monoisotopic (exact) mass is 294 g/mol. The largest absolute Gasteiger partial charge is 0.260 e. The van der Waals surface area contributed by atoms with E-state index in [9.17, 15) is 0 Å². The molecule has 2 nitrogen and oxygen atoms in total. The van der Waals surface area contributed by atoms with E-state index in [4.69, 9.17) is 0 Å². The predicted molar refractivity (Wildman–Crippen MR) is 85.3 cm³/mol. The molecule has 0 aromatic carbocycles. The Labute approximate surface area is 129 Å². The maximum atomic E-state index is 4.68. The van der Waals surface area contributed by atoms with Crippen LogP contribution in [0.4, 0.5) is 0 Å². The topological polar surface area (TPSA) is 25.8 Å². The van der Waals surface area contributed by atoms with Crippen molar-refractivity contribution in [2.45, 2.75) is 38.5 Å². The smallest absolute Gasteiger partial charge is 0.124 e. The van der Waals surface area contributed by atoms with Crippen molar-refractivity contribution in [3.05, 3.63) is 45.7 Å². The molecule has 0 radical (unpaired) electrons. The zero-order valence-corrected chi connectivity index (χ0v) is 13.0. The highest BCUT2D eigenvalue weighted by molar-refractivity contribution is 7.09. The average molecular weight is 294 g/mol. The molecule has 3 atom stereocenters. The van der Waals surface area contributed by atoms with Gasteiger partial charge in [0.25, 0.3) is 0 Å². The third kappa shape index (κ3) is 2.61. The summed E-state index contributed by atoms with van der Waals surface area (Å²) in [4.78, 5) is 9.03. The van der Waals surface area contributed by atoms with Gasteiger partial charge in [-0.25, -0.2) is 4.98 Å². The van der Waals surface area contributed by atoms with Crippen LogP contribution < -0.4 is 0 Å². The lowest BCUT2D eigenvalue weighted by Crippen LogP contribution is -2.09. The van der Waals surface area contributed by atoms with Crippen LogP contribution in [0.2, 0.25) is 0 Å². The van der Waals surface area contributed by atoms with Gasteiger partial charge in [-0.1, -0.05) is 12.3 Å². The lowest BCUT2D eigenvalue weighted by molar-refractivity contribution is 0.413. The van der Waals surface area contributed by atoms with Gasteiger partial charge in [0.1, 0.15) is 5.69 Å². The summed E-state index contributed by atoms with van der Waals surface area (Å²) in [5, 5.41) is 3.06. The molecule has 2 heterocycles. The van der Waals surface area contributed by atoms with E-state index in [0.29, 0.717) is 5.92 Å². The lowest BCUT2D eigenvalue weighted by Gasteiger charge is -2.20. The maximum Gasteiger partial charge on any atom is 0.124 e. The Kier molecular flexibility index (Phi) is 3.27. The van der Waals surface area contributed by atoms with Crippen molar-refractivity contribution < 1.29 is 0 Å². The molecule has 3 heteroatoms. The Morgan fingerprint density at radius 3 is 2.76 bits per heavy atom. The second-order valence-corrected chi connectivity index (χ2v) is 7.32. The van der Waals surface area contributed by atoms with Crippen LogP contribution in [0.1, 0.15) is 53.6 Å². The van der Waals surface area contributed by atoms with Crippen LogP contribution in [0.15, 0.2) is 23.7 Å². The molecule has 2 fully saturated rings. The molecule has 0 spiro atoms. The van der Waals surface area contributed by atoms with Crippen LogP contribution in [0.3, 0.4) is 0 Å². The van der Waals surface area contributed by atoms with Gasteiger partial charge in [-0.05, 0) is 56.1 Å². The van der Waals surface area contributed by atoms with Crippen molar-refractivity contribution in [3.63, 3.8) is 0 Å². The standard InChI is InChI=1S/C18H18N2S/c1-12-20-16(11-21-12)6-3-13-4-7-18(19-10-13)17-9-14-2-5-15(17)8-14/h4,7,10-11,14-15,17H,2,5,8-9H2,1H3. The van der Waals surface area contributed by atoms with Crippen molar-refractivity contribution in [3.8, 4) is 11.8 Å². The molecule has 0 amide bonds. The SMILES string of the molecule is Cc1nc(C#Cc2ccc(C3CC4CCC3C4)nc2)cs1. The molecule has 2 bridgehead atoms. The van der Waals surface area contributed by atoms with Crippen molar-refractivity contribution in [1.29, 1.82) is 0 Å². The van der Waals surface area contributed by atoms with Crippen LogP contribution in [0.5, 0.6) is 0 Å². The second kappa shape index (κ2) is 5.27. The molecule has 2 saturated carbocycles. The fourth-order valence-electron chi connectivity index (χ4n) is 3.86. The minimum atomic E-state index is 0.701. The summed E-state index contributed by atoms with van der Waals surface area (Å²) in [6, 6.07) is 4.29. The zero-order chi connectivity index (χ0) is 14.2. The minimum Gasteiger partial charge on any atom is -0.260 e. The van der Waals surface area contributed by atoms with E-state index in [0.717, 1.165) is 28.1 Å². The molecule has 106 valence electrons. The van der Waals surface area contributed by atoms with Gasteiger partial charge in [-0.3, -0.25) is 4.98 Å². The quantitative estimate of drug-likeness (QED) is 0.738. The summed E-state index contributed by atoms with van der Waals surface area (Å²) >= 11 is 1.64. The van der Waals surface area contributed by atoms with E-state index in [2.05, 4.69) is 33.9 Å². The van der Waals surface area contributed by atoms with E-state index >= 15 is 0 Å². The van der Waals surface area contributed by atoms with Gasteiger partial charge in [0, 0.05) is 28.8 Å². The summed E-state index contributed by atoms with van der Waals surface area (Å²) in [5.41, 5.74) is 3.11. The Morgan fingerprint density at radius 1 is 1.19 bits per heavy atom. The number of fused-ring (bicyclic) bond motifs is 2. The molecule has 2 aromatic rings. The van der Waals surface area contributed by atoms with Gasteiger partial charge >= 0.3 is 0 Å². The number of rotatable bonds is 1. The molecule has 2 aromatic heterocycles. The van der Waals surface area contributed by atoms with E-state index in [1.807, 2.05) is 18.5 Å². The average Bonchev–Trinajstić information content (AvgIpc) is 3.22. The first kappa shape index (κ1) is 13.0. The van der Waals surface area contributed by atoms with E-state index in [1.165, 1.54) is 31.4 Å². The fourth-order valence-corrected chi connectivity index (χ4v) is 4.41. The first-order chi connectivity index (χ1) is 10.3. The predicted octanol–water partition coefficient (Wildman–Crippen LogP) is 4.15. The zero-order valence-electron chi connectivity index (χ0n) is 12.2. The Morgan fingerprint density at radius 2 is 2.14 bits per heavy atom. The molecule has 3 unspecified atom stereocenters. The molecule has 0 N–H and O–H groups in total. The first-order valence-corrected chi connectivity index (χ1v) is 8.56. The van der Waals surface area contributed by atoms with E-state index in [-0.39, 0.29) is 0 Å². The molecule has 4 rings (SSSR count). The molecule has 0 saturated heterocycles. The van der Waals surface area contributed by atoms with Gasteiger partial charge in [0.15, 0.2) is 0 Å². The highest BCUT2D eigenvalue weighted by atomic mass is 32.1. The summed E-state index contributed by atoms with van der Waals surface area (Å²) in [5.74, 6) is 8.82. The number of thiazole rings is 1. The molecular weight excluding hydrogens is 276 g/mol. The molecule has 2 aliphatic carbocycles. The van der Waals surface area contributed by atoms with Gasteiger partial charge < -0.3 is 0 Å². The van der Waals surface area contributed by atoms with Crippen molar-refractivity contribution in [2.75, 3.05) is 0 Å². The van der Waals surface area contributed by atoms with Crippen molar-refractivity contribution in [1.82, 2.24) is 9.97 Å². The molecule has 21 heavy (non-hydrogen) atoms. The Bertz CT molecular complexity index is 705. The van der Waals surface area contributed by atoms with Crippen molar-refractivity contribution >= 4 is 11.3 Å². The van der Waals surface area contributed by atoms with Gasteiger partial charge in [-0.2, -0.15) is 0 Å². The second-order valence-electron chi connectivity index (χ2n) is 6.25. The highest BCUT2D eigenvalue weighted by Crippen LogP contribution is 2.52. The summed E-state index contributed by atoms with van der Waals surface area (Å²) in [6.07, 6.45) is 7.55. The van der Waals surface area contributed by atoms with Crippen molar-refractivity contribution in [2.24, 2.45) is 11.8 Å². The number of aromatic nitrogens is 2. The van der Waals surface area contributed by atoms with Crippen LogP contribution in [-0.2, 0) is 0 Å². The first-order valence-electron chi connectivity index (χ1n) is 7.68. The Hall–Kier alpha value is -1.66. The van der Waals surface area contributed by atoms with E-state index < -0.39 is 0 Å². The van der Waals surface area contributed by atoms with Gasteiger partial charge in [0.2, 0.25) is 0 Å². The number of aryl methyl sites for hydroxylation is 1. The summed E-state index contributed by atoms with van der Waals surface area (Å²) in [6.45, 7) is 2.00. The van der Waals surface area contributed by atoms with Crippen LogP contribution >= 0.6 is 11.3 Å². The fraction of sp³-hybridized carbons (Fsp3) is 0.444. The summed E-state index contributed by atoms with van der Waals surface area (Å²) in [7, 11) is 0. The molecule has 2 aliphatic rings.